The molecule has 374 valence electrons. The van der Waals surface area contributed by atoms with Gasteiger partial charge in [-0.25, -0.2) is 0 Å². The maximum atomic E-state index is 13.7. The molecule has 0 fully saturated rings. The average Bonchev–Trinajstić information content (AvgIpc) is 3.31. The minimum atomic E-state index is -0.952. The summed E-state index contributed by atoms with van der Waals surface area (Å²) in [4.78, 5) is 41.4. The first kappa shape index (κ1) is 57.4. The van der Waals surface area contributed by atoms with Crippen LogP contribution < -0.4 is 16.0 Å². The predicted molar refractivity (Wildman–Crippen MR) is 277 cm³/mol. The second-order valence-corrected chi connectivity index (χ2v) is 20.1. The lowest BCUT2D eigenvalue weighted by Crippen LogP contribution is -2.44. The maximum absolute atomic E-state index is 13.7. The van der Waals surface area contributed by atoms with E-state index in [0.29, 0.717) is 30.9 Å². The number of anilines is 1. The van der Waals surface area contributed by atoms with Crippen LogP contribution in [0.25, 0.3) is 0 Å². The Bertz CT molecular complexity index is 1560. The fraction of sp³-hybridized carbons (Fsp3) is 0.732. The van der Waals surface area contributed by atoms with Gasteiger partial charge >= 0.3 is 5.97 Å². The number of unbranched alkanes of at least 4 members (excludes halogenated alkanes) is 24. The summed E-state index contributed by atoms with van der Waals surface area (Å²) in [5.41, 5.74) is 10.8. The molecule has 3 rings (SSSR count). The van der Waals surface area contributed by atoms with E-state index in [0.717, 1.165) is 68.2 Å². The Balaban J connectivity index is 1.37. The molecule has 1 heterocycles. The number of aryl methyl sites for hydroxylation is 2. The van der Waals surface area contributed by atoms with Crippen LogP contribution in [-0.4, -0.2) is 66.0 Å². The summed E-state index contributed by atoms with van der Waals surface area (Å²) in [6.07, 6.45) is 34.0. The van der Waals surface area contributed by atoms with Crippen LogP contribution in [0.5, 0.6) is 0 Å². The Morgan fingerprint density at radius 3 is 1.70 bits per heavy atom. The number of nitrogens with one attached hydrogen (secondary N) is 1. The van der Waals surface area contributed by atoms with E-state index in [2.05, 4.69) is 37.4 Å². The van der Waals surface area contributed by atoms with Crippen LogP contribution in [0, 0.1) is 0 Å². The smallest absolute Gasteiger partial charge is 0.305 e. The molecule has 0 aromatic heterocycles. The molecule has 2 aromatic carbocycles. The number of nitrogens with zero attached hydrogens (tertiary/aromatic N) is 1. The third-order valence-corrected chi connectivity index (χ3v) is 14.3. The molecule has 2 amide bonds. The number of nitrogens with two attached hydrogens (primary N) is 1. The number of amides is 2. The Kier molecular flexibility index (Phi) is 33.0. The maximum Gasteiger partial charge on any atom is 0.305 e. The summed E-state index contributed by atoms with van der Waals surface area (Å²) < 4.78 is 11.7. The standard InChI is InChI=1S/C56H93N3O6S/c1-3-5-7-9-11-13-15-17-19-21-23-25-27-37-54(61)64-44-50(65-55(62)38-28-26-24-22-20-18-16-14-12-10-8-6-4-2)45-66-46-51(57)56(63)58-42-41-53(60)59-43-49-35-30-29-33-47(49)39-40-48-34-31-32-36-52(48)59/h29-36,50-51,55,62H,3-28,37-46,57H2,1-2H3,(H,58,63)/t50?,51-,55?/m0/s1. The van der Waals surface area contributed by atoms with Gasteiger partial charge in [0.1, 0.15) is 12.7 Å². The van der Waals surface area contributed by atoms with Gasteiger partial charge in [-0.2, -0.15) is 11.8 Å². The first-order valence-electron chi connectivity index (χ1n) is 26.9. The number of aliphatic hydroxyl groups is 1. The van der Waals surface area contributed by atoms with E-state index in [1.165, 1.54) is 146 Å². The molecule has 2 aromatic rings. The van der Waals surface area contributed by atoms with Crippen LogP contribution in [-0.2, 0) is 43.2 Å². The second kappa shape index (κ2) is 38.0. The van der Waals surface area contributed by atoms with Crippen molar-refractivity contribution in [1.82, 2.24) is 5.32 Å². The minimum absolute atomic E-state index is 0.0492. The van der Waals surface area contributed by atoms with Gasteiger partial charge in [-0.1, -0.05) is 210 Å². The molecule has 2 unspecified atom stereocenters. The Hall–Kier alpha value is -2.92. The number of carbonyl (C=O) groups is 3. The number of hydrogen-bond acceptors (Lipinski definition) is 8. The largest absolute Gasteiger partial charge is 0.463 e. The van der Waals surface area contributed by atoms with E-state index >= 15 is 0 Å². The number of thioether (sulfide) groups is 1. The van der Waals surface area contributed by atoms with Gasteiger partial charge in [0.05, 0.1) is 12.6 Å². The quantitative estimate of drug-likeness (QED) is 0.0342. The van der Waals surface area contributed by atoms with E-state index < -0.39 is 18.4 Å². The zero-order valence-electron chi connectivity index (χ0n) is 41.7. The van der Waals surface area contributed by atoms with Gasteiger partial charge in [-0.3, -0.25) is 14.4 Å². The number of esters is 1. The molecule has 3 atom stereocenters. The SMILES string of the molecule is CCCCCCCCCCCCCCCC(=O)OCC(CSC[C@H](N)C(=O)NCCC(=O)N1Cc2ccccc2CCc2ccccc21)OC(O)CCCCCCCCCCCCCCC. The molecule has 0 spiro atoms. The van der Waals surface area contributed by atoms with E-state index in [1.54, 1.807) is 0 Å². The van der Waals surface area contributed by atoms with Crippen LogP contribution in [0.4, 0.5) is 5.69 Å². The summed E-state index contributed by atoms with van der Waals surface area (Å²) in [6, 6.07) is 15.6. The zero-order chi connectivity index (χ0) is 47.3. The molecule has 9 nitrogen and oxygen atoms in total. The lowest BCUT2D eigenvalue weighted by Gasteiger charge is -2.29. The minimum Gasteiger partial charge on any atom is -0.463 e. The topological polar surface area (TPSA) is 131 Å². The molecule has 66 heavy (non-hydrogen) atoms. The normalized spacial score (nSPS) is 13.8. The van der Waals surface area contributed by atoms with Gasteiger partial charge in [0.15, 0.2) is 6.29 Å². The van der Waals surface area contributed by atoms with Crippen molar-refractivity contribution in [2.45, 2.75) is 238 Å². The molecule has 0 aliphatic carbocycles. The number of fused-ring (bicyclic) bond motifs is 2. The van der Waals surface area contributed by atoms with Gasteiger partial charge in [0.25, 0.3) is 0 Å². The number of rotatable bonds is 40. The Morgan fingerprint density at radius 1 is 0.636 bits per heavy atom. The monoisotopic (exact) mass is 936 g/mol. The first-order valence-corrected chi connectivity index (χ1v) is 28.0. The summed E-state index contributed by atoms with van der Waals surface area (Å²) in [5, 5.41) is 13.7. The lowest BCUT2D eigenvalue weighted by molar-refractivity contribution is -0.164. The molecule has 0 saturated heterocycles. The van der Waals surface area contributed by atoms with Crippen LogP contribution in [0.15, 0.2) is 48.5 Å². The van der Waals surface area contributed by atoms with Crippen molar-refractivity contribution in [2.75, 3.05) is 29.6 Å². The second-order valence-electron chi connectivity index (χ2n) is 19.0. The zero-order valence-corrected chi connectivity index (χ0v) is 42.5. The highest BCUT2D eigenvalue weighted by atomic mass is 32.2. The molecule has 4 N–H and O–H groups in total. The van der Waals surface area contributed by atoms with Crippen molar-refractivity contribution in [1.29, 1.82) is 0 Å². The van der Waals surface area contributed by atoms with E-state index in [4.69, 9.17) is 15.2 Å². The van der Waals surface area contributed by atoms with Crippen LogP contribution in [0.1, 0.15) is 217 Å². The third-order valence-electron chi connectivity index (χ3n) is 13.1. The number of benzene rings is 2. The Labute approximate surface area is 406 Å². The molecule has 0 radical (unpaired) electrons. The molecular formula is C56H93N3O6S. The fourth-order valence-corrected chi connectivity index (χ4v) is 9.93. The van der Waals surface area contributed by atoms with Crippen molar-refractivity contribution in [3.63, 3.8) is 0 Å². The molecular weight excluding hydrogens is 843 g/mol. The number of ether oxygens (including phenoxy) is 2. The summed E-state index contributed by atoms with van der Waals surface area (Å²) in [6.45, 7) is 5.25. The highest BCUT2D eigenvalue weighted by Gasteiger charge is 2.24. The number of aliphatic hydroxyl groups excluding tert-OH is 1. The van der Waals surface area contributed by atoms with Gasteiger partial charge < -0.3 is 30.5 Å². The van der Waals surface area contributed by atoms with Crippen molar-refractivity contribution in [2.24, 2.45) is 5.73 Å². The average molecular weight is 936 g/mol. The van der Waals surface area contributed by atoms with Gasteiger partial charge in [-0.05, 0) is 54.9 Å². The molecule has 1 aliphatic heterocycles. The summed E-state index contributed by atoms with van der Waals surface area (Å²) in [7, 11) is 0. The van der Waals surface area contributed by atoms with Crippen molar-refractivity contribution < 1.29 is 29.0 Å². The van der Waals surface area contributed by atoms with Gasteiger partial charge in [0.2, 0.25) is 11.8 Å². The molecule has 1 aliphatic rings. The number of carbonyl (C=O) groups excluding carboxylic acids is 3. The highest BCUT2D eigenvalue weighted by Crippen LogP contribution is 2.29. The van der Waals surface area contributed by atoms with Crippen molar-refractivity contribution in [3.8, 4) is 0 Å². The van der Waals surface area contributed by atoms with Crippen molar-refractivity contribution >= 4 is 35.2 Å². The number of hydrogen-bond donors (Lipinski definition) is 3. The van der Waals surface area contributed by atoms with E-state index in [9.17, 15) is 19.5 Å². The highest BCUT2D eigenvalue weighted by molar-refractivity contribution is 7.99. The molecule has 0 bridgehead atoms. The number of para-hydroxylation sites is 1. The van der Waals surface area contributed by atoms with Crippen molar-refractivity contribution in [3.05, 3.63) is 65.2 Å². The lowest BCUT2D eigenvalue weighted by atomic mass is 9.95. The summed E-state index contributed by atoms with van der Waals surface area (Å²) in [5.74, 6) is 0.118. The fourth-order valence-electron chi connectivity index (χ4n) is 8.95. The Morgan fingerprint density at radius 2 is 1.12 bits per heavy atom. The van der Waals surface area contributed by atoms with Crippen LogP contribution in [0.3, 0.4) is 0 Å². The third kappa shape index (κ3) is 26.6. The van der Waals surface area contributed by atoms with E-state index in [1.807, 2.05) is 35.2 Å². The molecule has 10 heteroatoms. The van der Waals surface area contributed by atoms with Crippen LogP contribution in [0.2, 0.25) is 0 Å². The van der Waals surface area contributed by atoms with E-state index in [-0.39, 0.29) is 37.4 Å². The van der Waals surface area contributed by atoms with Crippen LogP contribution >= 0.6 is 11.8 Å². The predicted octanol–water partition coefficient (Wildman–Crippen LogP) is 13.1. The summed E-state index contributed by atoms with van der Waals surface area (Å²) >= 11 is 1.44. The molecule has 0 saturated carbocycles. The first-order chi connectivity index (χ1) is 32.3. The van der Waals surface area contributed by atoms with Gasteiger partial charge in [0, 0.05) is 36.6 Å². The van der Waals surface area contributed by atoms with Gasteiger partial charge in [-0.15, -0.1) is 0 Å².